The maximum atomic E-state index is 10.1. The number of anilines is 1. The van der Waals surface area contributed by atoms with Crippen LogP contribution in [-0.4, -0.2) is 33.9 Å². The Hall–Kier alpha value is -1.13. The molecule has 1 fully saturated rings. The van der Waals surface area contributed by atoms with Crippen molar-refractivity contribution in [2.24, 2.45) is 0 Å². The van der Waals surface area contributed by atoms with E-state index in [4.69, 9.17) is 0 Å². The monoisotopic (exact) mass is 250 g/mol. The van der Waals surface area contributed by atoms with Gasteiger partial charge in [-0.1, -0.05) is 0 Å². The molecular weight excluding hydrogens is 228 g/mol. The largest absolute Gasteiger partial charge is 0.390 e. The van der Waals surface area contributed by atoms with Crippen LogP contribution in [0.2, 0.25) is 0 Å². The fourth-order valence-corrected chi connectivity index (χ4v) is 2.36. The van der Waals surface area contributed by atoms with E-state index in [0.717, 1.165) is 43.7 Å². The third-order valence-corrected chi connectivity index (χ3v) is 3.64. The van der Waals surface area contributed by atoms with Crippen LogP contribution in [0.1, 0.15) is 44.8 Å². The highest BCUT2D eigenvalue weighted by molar-refractivity contribution is 5.41. The molecule has 18 heavy (non-hydrogen) atoms. The smallest absolute Gasteiger partial charge is 0.128 e. The van der Waals surface area contributed by atoms with Gasteiger partial charge in [0.2, 0.25) is 0 Å². The fraction of sp³-hybridized carbons (Fsp3) is 0.643. The SMILES string of the molecule is C[C@@H](O)c1ccnc(N2CCCC(C)(O)CC2)c1. The van der Waals surface area contributed by atoms with Gasteiger partial charge in [0.05, 0.1) is 11.7 Å². The minimum absolute atomic E-state index is 0.471. The predicted octanol–water partition coefficient (Wildman–Crippen LogP) is 1.88. The number of aromatic nitrogens is 1. The Morgan fingerprint density at radius 3 is 2.89 bits per heavy atom. The summed E-state index contributed by atoms with van der Waals surface area (Å²) in [6, 6.07) is 3.77. The summed E-state index contributed by atoms with van der Waals surface area (Å²) in [7, 11) is 0. The molecule has 1 aromatic heterocycles. The fourth-order valence-electron chi connectivity index (χ4n) is 2.36. The number of pyridine rings is 1. The average molecular weight is 250 g/mol. The van der Waals surface area contributed by atoms with Gasteiger partial charge in [-0.15, -0.1) is 0 Å². The van der Waals surface area contributed by atoms with Gasteiger partial charge in [-0.05, 0) is 50.8 Å². The molecule has 0 aliphatic carbocycles. The van der Waals surface area contributed by atoms with E-state index in [1.807, 2.05) is 19.1 Å². The normalized spacial score (nSPS) is 26.8. The van der Waals surface area contributed by atoms with Crippen LogP contribution >= 0.6 is 0 Å². The van der Waals surface area contributed by atoms with Crippen LogP contribution in [0.25, 0.3) is 0 Å². The van der Waals surface area contributed by atoms with Crippen LogP contribution in [0.3, 0.4) is 0 Å². The molecule has 1 saturated heterocycles. The van der Waals surface area contributed by atoms with Crippen molar-refractivity contribution in [3.63, 3.8) is 0 Å². The van der Waals surface area contributed by atoms with Gasteiger partial charge in [0.15, 0.2) is 0 Å². The number of nitrogens with zero attached hydrogens (tertiary/aromatic N) is 2. The van der Waals surface area contributed by atoms with Crippen molar-refractivity contribution in [3.05, 3.63) is 23.9 Å². The summed E-state index contributed by atoms with van der Waals surface area (Å²) >= 11 is 0. The Labute approximate surface area is 108 Å². The minimum atomic E-state index is -0.559. The Bertz CT molecular complexity index is 405. The summed E-state index contributed by atoms with van der Waals surface area (Å²) in [5.41, 5.74) is 0.326. The highest BCUT2D eigenvalue weighted by Gasteiger charge is 2.25. The Morgan fingerprint density at radius 2 is 2.17 bits per heavy atom. The lowest BCUT2D eigenvalue weighted by atomic mass is 9.98. The lowest BCUT2D eigenvalue weighted by Crippen LogP contribution is -2.28. The van der Waals surface area contributed by atoms with Gasteiger partial charge in [-0.2, -0.15) is 0 Å². The van der Waals surface area contributed by atoms with Crippen LogP contribution < -0.4 is 4.90 Å². The van der Waals surface area contributed by atoms with Crippen molar-refractivity contribution in [3.8, 4) is 0 Å². The molecule has 0 radical (unpaired) electrons. The Kier molecular flexibility index (Phi) is 3.88. The molecule has 2 N–H and O–H groups in total. The molecule has 0 bridgehead atoms. The van der Waals surface area contributed by atoms with E-state index in [0.29, 0.717) is 0 Å². The number of aliphatic hydroxyl groups excluding tert-OH is 1. The van der Waals surface area contributed by atoms with E-state index < -0.39 is 11.7 Å². The lowest BCUT2D eigenvalue weighted by Gasteiger charge is -2.23. The molecule has 100 valence electrons. The molecule has 1 unspecified atom stereocenters. The van der Waals surface area contributed by atoms with E-state index in [1.165, 1.54) is 0 Å². The van der Waals surface area contributed by atoms with Gasteiger partial charge in [-0.3, -0.25) is 0 Å². The van der Waals surface area contributed by atoms with Gasteiger partial charge in [-0.25, -0.2) is 4.98 Å². The number of hydrogen-bond acceptors (Lipinski definition) is 4. The van der Waals surface area contributed by atoms with Crippen molar-refractivity contribution in [2.45, 2.75) is 44.8 Å². The second-order valence-electron chi connectivity index (χ2n) is 5.46. The molecule has 0 aromatic carbocycles. The van der Waals surface area contributed by atoms with E-state index in [1.54, 1.807) is 13.1 Å². The van der Waals surface area contributed by atoms with Crippen LogP contribution in [-0.2, 0) is 0 Å². The Balaban J connectivity index is 2.13. The molecule has 4 nitrogen and oxygen atoms in total. The molecule has 0 amide bonds. The van der Waals surface area contributed by atoms with Gasteiger partial charge >= 0.3 is 0 Å². The van der Waals surface area contributed by atoms with Crippen LogP contribution in [0, 0.1) is 0 Å². The second-order valence-corrected chi connectivity index (χ2v) is 5.46. The van der Waals surface area contributed by atoms with Crippen molar-refractivity contribution >= 4 is 5.82 Å². The third-order valence-electron chi connectivity index (χ3n) is 3.64. The summed E-state index contributed by atoms with van der Waals surface area (Å²) in [4.78, 5) is 6.56. The molecule has 0 spiro atoms. The summed E-state index contributed by atoms with van der Waals surface area (Å²) < 4.78 is 0. The Morgan fingerprint density at radius 1 is 1.39 bits per heavy atom. The average Bonchev–Trinajstić information content (AvgIpc) is 2.50. The summed E-state index contributed by atoms with van der Waals surface area (Å²) in [6.45, 7) is 5.37. The van der Waals surface area contributed by atoms with Crippen molar-refractivity contribution in [1.82, 2.24) is 4.98 Å². The van der Waals surface area contributed by atoms with E-state index in [-0.39, 0.29) is 0 Å². The van der Waals surface area contributed by atoms with E-state index in [2.05, 4.69) is 9.88 Å². The summed E-state index contributed by atoms with van der Waals surface area (Å²) in [6.07, 6.45) is 3.82. The molecule has 1 aliphatic heterocycles. The first-order valence-electron chi connectivity index (χ1n) is 6.59. The van der Waals surface area contributed by atoms with Crippen LogP contribution in [0.5, 0.6) is 0 Å². The first kappa shape index (κ1) is 13.3. The molecule has 4 heteroatoms. The molecule has 1 aromatic rings. The maximum Gasteiger partial charge on any atom is 0.128 e. The van der Waals surface area contributed by atoms with E-state index in [9.17, 15) is 10.2 Å². The van der Waals surface area contributed by atoms with Gasteiger partial charge in [0.1, 0.15) is 5.82 Å². The molecular formula is C14H22N2O2. The van der Waals surface area contributed by atoms with Gasteiger partial charge in [0, 0.05) is 19.3 Å². The summed E-state index contributed by atoms with van der Waals surface area (Å²) in [5, 5.41) is 19.7. The molecule has 2 atom stereocenters. The third kappa shape index (κ3) is 3.21. The quantitative estimate of drug-likeness (QED) is 0.841. The zero-order valence-electron chi connectivity index (χ0n) is 11.1. The zero-order chi connectivity index (χ0) is 13.2. The maximum absolute atomic E-state index is 10.1. The van der Waals surface area contributed by atoms with Gasteiger partial charge < -0.3 is 15.1 Å². The van der Waals surface area contributed by atoms with E-state index >= 15 is 0 Å². The van der Waals surface area contributed by atoms with Crippen molar-refractivity contribution in [1.29, 1.82) is 0 Å². The van der Waals surface area contributed by atoms with Crippen LogP contribution in [0.4, 0.5) is 5.82 Å². The second kappa shape index (κ2) is 5.24. The highest BCUT2D eigenvalue weighted by Crippen LogP contribution is 2.25. The van der Waals surface area contributed by atoms with Crippen molar-refractivity contribution < 1.29 is 10.2 Å². The molecule has 2 rings (SSSR count). The van der Waals surface area contributed by atoms with Crippen molar-refractivity contribution in [2.75, 3.05) is 18.0 Å². The highest BCUT2D eigenvalue weighted by atomic mass is 16.3. The zero-order valence-corrected chi connectivity index (χ0v) is 11.1. The lowest BCUT2D eigenvalue weighted by molar-refractivity contribution is 0.0481. The first-order valence-corrected chi connectivity index (χ1v) is 6.59. The van der Waals surface area contributed by atoms with Gasteiger partial charge in [0.25, 0.3) is 0 Å². The topological polar surface area (TPSA) is 56.6 Å². The predicted molar refractivity (Wildman–Crippen MR) is 71.6 cm³/mol. The molecule has 0 saturated carbocycles. The molecule has 2 heterocycles. The number of hydrogen-bond donors (Lipinski definition) is 2. The first-order chi connectivity index (χ1) is 8.48. The molecule has 1 aliphatic rings. The minimum Gasteiger partial charge on any atom is -0.390 e. The number of rotatable bonds is 2. The van der Waals surface area contributed by atoms with Crippen LogP contribution in [0.15, 0.2) is 18.3 Å². The standard InChI is InChI=1S/C14H22N2O2/c1-11(17)12-4-7-15-13(10-12)16-8-3-5-14(2,18)6-9-16/h4,7,10-11,17-18H,3,5-6,8-9H2,1-2H3/t11-,14?/m1/s1. The summed E-state index contributed by atoms with van der Waals surface area (Å²) in [5.74, 6) is 0.895. The number of aliphatic hydroxyl groups is 2.